The zero-order valence-corrected chi connectivity index (χ0v) is 12.0. The lowest BCUT2D eigenvalue weighted by atomic mass is 10.1. The minimum Gasteiger partial charge on any atom is -0.308 e. The lowest BCUT2D eigenvalue weighted by Crippen LogP contribution is -2.31. The average molecular weight is 263 g/mol. The first kappa shape index (κ1) is 14.2. The van der Waals surface area contributed by atoms with Gasteiger partial charge in [-0.05, 0) is 26.8 Å². The smallest absolute Gasteiger partial charge is 0.145 e. The van der Waals surface area contributed by atoms with Gasteiger partial charge in [0.1, 0.15) is 11.6 Å². The number of aromatic nitrogens is 2. The van der Waals surface area contributed by atoms with Crippen molar-refractivity contribution in [1.82, 2.24) is 14.9 Å². The molecule has 5 heteroatoms. The number of aryl methyl sites for hydroxylation is 1. The second-order valence-corrected chi connectivity index (χ2v) is 5.52. The second-order valence-electron chi connectivity index (χ2n) is 5.52. The summed E-state index contributed by atoms with van der Waals surface area (Å²) in [5.41, 5.74) is 3.55. The minimum absolute atomic E-state index is 0.667. The third kappa shape index (κ3) is 4.14. The molecule has 0 amide bonds. The van der Waals surface area contributed by atoms with Gasteiger partial charge in [-0.25, -0.2) is 15.8 Å². The molecular formula is C14H25N5. The molecule has 1 aromatic heterocycles. The van der Waals surface area contributed by atoms with Crippen molar-refractivity contribution >= 4 is 5.82 Å². The van der Waals surface area contributed by atoms with Gasteiger partial charge in [-0.1, -0.05) is 25.7 Å². The quantitative estimate of drug-likeness (QED) is 0.495. The van der Waals surface area contributed by atoms with Gasteiger partial charge in [0.05, 0.1) is 6.54 Å². The maximum atomic E-state index is 5.43. The Balaban J connectivity index is 2.00. The van der Waals surface area contributed by atoms with Crippen molar-refractivity contribution in [2.75, 3.05) is 12.5 Å². The van der Waals surface area contributed by atoms with Crippen LogP contribution in [0.3, 0.4) is 0 Å². The second kappa shape index (κ2) is 6.82. The van der Waals surface area contributed by atoms with E-state index in [-0.39, 0.29) is 0 Å². The lowest BCUT2D eigenvalue weighted by Gasteiger charge is -2.26. The number of nitrogens with one attached hydrogen (secondary N) is 1. The maximum Gasteiger partial charge on any atom is 0.145 e. The molecule has 0 aromatic carbocycles. The van der Waals surface area contributed by atoms with Crippen molar-refractivity contribution in [2.45, 2.75) is 58.0 Å². The highest BCUT2D eigenvalue weighted by molar-refractivity contribution is 5.33. The Morgan fingerprint density at radius 1 is 1.26 bits per heavy atom. The van der Waals surface area contributed by atoms with Gasteiger partial charge in [0.15, 0.2) is 0 Å². The molecule has 1 aliphatic rings. The van der Waals surface area contributed by atoms with E-state index in [1.54, 1.807) is 0 Å². The summed E-state index contributed by atoms with van der Waals surface area (Å²) < 4.78 is 0. The first-order chi connectivity index (χ1) is 9.19. The van der Waals surface area contributed by atoms with Crippen LogP contribution in [0.15, 0.2) is 6.07 Å². The highest BCUT2D eigenvalue weighted by atomic mass is 15.3. The van der Waals surface area contributed by atoms with Crippen molar-refractivity contribution in [3.05, 3.63) is 17.6 Å². The Morgan fingerprint density at radius 2 is 1.95 bits per heavy atom. The molecule has 0 bridgehead atoms. The molecule has 0 atom stereocenters. The maximum absolute atomic E-state index is 5.43. The molecule has 1 aliphatic carbocycles. The van der Waals surface area contributed by atoms with Crippen LogP contribution < -0.4 is 11.3 Å². The summed E-state index contributed by atoms with van der Waals surface area (Å²) in [6.45, 7) is 2.76. The largest absolute Gasteiger partial charge is 0.308 e. The van der Waals surface area contributed by atoms with Gasteiger partial charge in [-0.15, -0.1) is 0 Å². The Morgan fingerprint density at radius 3 is 2.58 bits per heavy atom. The average Bonchev–Trinajstić information content (AvgIpc) is 2.66. The number of rotatable bonds is 4. The minimum atomic E-state index is 0.667. The van der Waals surface area contributed by atoms with E-state index in [1.807, 2.05) is 13.0 Å². The Labute approximate surface area is 115 Å². The molecule has 106 valence electrons. The predicted octanol–water partition coefficient (Wildman–Crippen LogP) is 2.23. The normalized spacial score (nSPS) is 17.5. The molecule has 0 saturated heterocycles. The molecule has 0 aliphatic heterocycles. The fourth-order valence-electron chi connectivity index (χ4n) is 2.83. The molecule has 2 rings (SSSR count). The van der Waals surface area contributed by atoms with Crippen LogP contribution in [-0.2, 0) is 6.54 Å². The van der Waals surface area contributed by atoms with Crippen molar-refractivity contribution < 1.29 is 0 Å². The van der Waals surface area contributed by atoms with Crippen LogP contribution >= 0.6 is 0 Å². The summed E-state index contributed by atoms with van der Waals surface area (Å²) in [6, 6.07) is 2.52. The zero-order valence-electron chi connectivity index (χ0n) is 12.0. The zero-order chi connectivity index (χ0) is 13.7. The molecule has 1 fully saturated rings. The van der Waals surface area contributed by atoms with Crippen LogP contribution in [0.5, 0.6) is 0 Å². The number of nitrogens with zero attached hydrogens (tertiary/aromatic N) is 3. The molecule has 1 saturated carbocycles. The van der Waals surface area contributed by atoms with E-state index in [9.17, 15) is 0 Å². The van der Waals surface area contributed by atoms with Gasteiger partial charge in [0, 0.05) is 17.8 Å². The summed E-state index contributed by atoms with van der Waals surface area (Å²) in [5, 5.41) is 0. The van der Waals surface area contributed by atoms with Crippen molar-refractivity contribution in [3.8, 4) is 0 Å². The monoisotopic (exact) mass is 263 g/mol. The van der Waals surface area contributed by atoms with Gasteiger partial charge in [0.25, 0.3) is 0 Å². The van der Waals surface area contributed by atoms with Gasteiger partial charge < -0.3 is 5.43 Å². The molecule has 1 heterocycles. The van der Waals surface area contributed by atoms with Crippen molar-refractivity contribution in [2.24, 2.45) is 5.84 Å². The molecule has 1 aromatic rings. The topological polar surface area (TPSA) is 67.1 Å². The summed E-state index contributed by atoms with van der Waals surface area (Å²) in [6.07, 6.45) is 8.05. The molecule has 0 unspecified atom stereocenters. The molecule has 5 nitrogen and oxygen atoms in total. The summed E-state index contributed by atoms with van der Waals surface area (Å²) >= 11 is 0. The lowest BCUT2D eigenvalue weighted by molar-refractivity contribution is 0.208. The van der Waals surface area contributed by atoms with E-state index < -0.39 is 0 Å². The number of nitrogen functional groups attached to an aromatic ring is 1. The van der Waals surface area contributed by atoms with Crippen molar-refractivity contribution in [1.29, 1.82) is 0 Å². The van der Waals surface area contributed by atoms with Gasteiger partial charge in [-0.3, -0.25) is 4.90 Å². The molecular weight excluding hydrogens is 238 g/mol. The van der Waals surface area contributed by atoms with Crippen LogP contribution in [0, 0.1) is 6.92 Å². The van der Waals surface area contributed by atoms with E-state index >= 15 is 0 Å². The predicted molar refractivity (Wildman–Crippen MR) is 77.5 cm³/mol. The van der Waals surface area contributed by atoms with Crippen LogP contribution in [-0.4, -0.2) is 28.0 Å². The Kier molecular flexibility index (Phi) is 5.10. The van der Waals surface area contributed by atoms with Crippen LogP contribution in [0.2, 0.25) is 0 Å². The Hall–Kier alpha value is -1.20. The number of hydrogen-bond acceptors (Lipinski definition) is 5. The number of nitrogens with two attached hydrogens (primary N) is 1. The van der Waals surface area contributed by atoms with Crippen LogP contribution in [0.25, 0.3) is 0 Å². The fourth-order valence-corrected chi connectivity index (χ4v) is 2.83. The highest BCUT2D eigenvalue weighted by Gasteiger charge is 2.18. The fraction of sp³-hybridized carbons (Fsp3) is 0.714. The summed E-state index contributed by atoms with van der Waals surface area (Å²) in [4.78, 5) is 11.3. The van der Waals surface area contributed by atoms with Gasteiger partial charge in [0.2, 0.25) is 0 Å². The molecule has 19 heavy (non-hydrogen) atoms. The first-order valence-electron chi connectivity index (χ1n) is 7.20. The van der Waals surface area contributed by atoms with E-state index in [1.165, 1.54) is 38.5 Å². The van der Waals surface area contributed by atoms with Crippen molar-refractivity contribution in [3.63, 3.8) is 0 Å². The summed E-state index contributed by atoms with van der Waals surface area (Å²) in [7, 11) is 2.18. The number of hydrazine groups is 1. The highest BCUT2D eigenvalue weighted by Crippen LogP contribution is 2.22. The third-order valence-corrected chi connectivity index (χ3v) is 3.89. The van der Waals surface area contributed by atoms with Crippen LogP contribution in [0.4, 0.5) is 5.82 Å². The molecule has 0 spiro atoms. The van der Waals surface area contributed by atoms with Crippen LogP contribution in [0.1, 0.15) is 50.0 Å². The molecule has 0 radical (unpaired) electrons. The van der Waals surface area contributed by atoms with Gasteiger partial charge >= 0.3 is 0 Å². The first-order valence-corrected chi connectivity index (χ1v) is 7.20. The Bertz CT molecular complexity index is 399. The number of hydrogen-bond donors (Lipinski definition) is 2. The molecule has 3 N–H and O–H groups in total. The number of anilines is 1. The van der Waals surface area contributed by atoms with E-state index in [4.69, 9.17) is 5.84 Å². The van der Waals surface area contributed by atoms with Gasteiger partial charge in [-0.2, -0.15) is 0 Å². The van der Waals surface area contributed by atoms with E-state index in [2.05, 4.69) is 27.3 Å². The SMILES string of the molecule is Cc1cc(NN)nc(CN(C)C2CCCCCC2)n1. The summed E-state index contributed by atoms with van der Waals surface area (Å²) in [5.74, 6) is 6.97. The van der Waals surface area contributed by atoms with E-state index in [0.717, 1.165) is 18.1 Å². The standard InChI is InChI=1S/C14H25N5/c1-11-9-13(18-15)17-14(16-11)10-19(2)12-7-5-3-4-6-8-12/h9,12H,3-8,10,15H2,1-2H3,(H,16,17,18). The third-order valence-electron chi connectivity index (χ3n) is 3.89. The van der Waals surface area contributed by atoms with E-state index in [0.29, 0.717) is 11.9 Å².